The number of imidazole rings is 1. The summed E-state index contributed by atoms with van der Waals surface area (Å²) >= 11 is 0. The molecule has 33 heavy (non-hydrogen) atoms. The fourth-order valence-electron chi connectivity index (χ4n) is 3.74. The Balaban J connectivity index is 1.30. The van der Waals surface area contributed by atoms with Gasteiger partial charge < -0.3 is 14.0 Å². The van der Waals surface area contributed by atoms with Crippen LogP contribution in [0.25, 0.3) is 10.8 Å². The van der Waals surface area contributed by atoms with Gasteiger partial charge in [0.1, 0.15) is 12.4 Å². The van der Waals surface area contributed by atoms with Gasteiger partial charge in [0, 0.05) is 12.7 Å². The summed E-state index contributed by atoms with van der Waals surface area (Å²) in [6.07, 6.45) is 6.31. The molecular weight excluding hydrogens is 412 g/mol. The minimum absolute atomic E-state index is 0.0928. The molecule has 5 nitrogen and oxygen atoms in total. The van der Waals surface area contributed by atoms with Gasteiger partial charge in [-0.25, -0.2) is 9.78 Å². The molecule has 1 aromatic heterocycles. The van der Waals surface area contributed by atoms with Gasteiger partial charge in [0.2, 0.25) is 0 Å². The number of benzene rings is 3. The van der Waals surface area contributed by atoms with E-state index in [9.17, 15) is 4.79 Å². The van der Waals surface area contributed by atoms with Gasteiger partial charge in [-0.3, -0.25) is 0 Å². The van der Waals surface area contributed by atoms with Crippen LogP contribution in [-0.4, -0.2) is 21.6 Å². The highest BCUT2D eigenvalue weighted by Gasteiger charge is 2.14. The monoisotopic (exact) mass is 442 g/mol. The molecule has 4 aromatic rings. The normalized spacial score (nSPS) is 11.9. The topological polar surface area (TPSA) is 53.4 Å². The van der Waals surface area contributed by atoms with Crippen molar-refractivity contribution >= 4 is 16.7 Å². The Hall–Kier alpha value is -3.60. The second kappa shape index (κ2) is 10.8. The maximum atomic E-state index is 12.3. The first-order valence-corrected chi connectivity index (χ1v) is 11.5. The third kappa shape index (κ3) is 6.22. The standard InChI is InChI=1S/C28H30N2O3/c1-3-4-7-21(2)33-28(31)27-18-30(20-29-27)17-22-11-14-26(15-12-22)32-19-23-10-13-24-8-5-6-9-25(24)16-23/h5-6,8-16,18,20-21H,3-4,7,17,19H2,1-2H3. The minimum atomic E-state index is -0.366. The molecule has 5 heteroatoms. The maximum absolute atomic E-state index is 12.3. The van der Waals surface area contributed by atoms with Crippen molar-refractivity contribution in [2.45, 2.75) is 52.4 Å². The highest BCUT2D eigenvalue weighted by Crippen LogP contribution is 2.19. The zero-order valence-electron chi connectivity index (χ0n) is 19.2. The molecule has 0 amide bonds. The molecule has 1 atom stereocenters. The Labute approximate surface area is 195 Å². The predicted molar refractivity (Wildman–Crippen MR) is 130 cm³/mol. The molecule has 0 bridgehead atoms. The zero-order chi connectivity index (χ0) is 23.0. The Kier molecular flexibility index (Phi) is 7.40. The Morgan fingerprint density at radius 2 is 1.76 bits per heavy atom. The Bertz CT molecular complexity index is 1200. The lowest BCUT2D eigenvalue weighted by molar-refractivity contribution is 0.0314. The summed E-state index contributed by atoms with van der Waals surface area (Å²) in [4.78, 5) is 16.5. The molecule has 3 aromatic carbocycles. The quantitative estimate of drug-likeness (QED) is 0.267. The van der Waals surface area contributed by atoms with E-state index in [0.717, 1.165) is 36.1 Å². The van der Waals surface area contributed by atoms with Crippen LogP contribution >= 0.6 is 0 Å². The van der Waals surface area contributed by atoms with Gasteiger partial charge in [-0.1, -0.05) is 68.3 Å². The predicted octanol–water partition coefficient (Wildman–Crippen LogP) is 6.40. The summed E-state index contributed by atoms with van der Waals surface area (Å²) in [6.45, 7) is 5.19. The van der Waals surface area contributed by atoms with Gasteiger partial charge in [0.25, 0.3) is 0 Å². The molecule has 4 rings (SSSR count). The third-order valence-corrected chi connectivity index (χ3v) is 5.62. The number of unbranched alkanes of at least 4 members (excludes halogenated alkanes) is 1. The van der Waals surface area contributed by atoms with Gasteiger partial charge in [-0.15, -0.1) is 0 Å². The van der Waals surface area contributed by atoms with E-state index in [-0.39, 0.29) is 12.1 Å². The summed E-state index contributed by atoms with van der Waals surface area (Å²) in [5.74, 6) is 0.456. The lowest BCUT2D eigenvalue weighted by Gasteiger charge is -2.11. The van der Waals surface area contributed by atoms with E-state index in [4.69, 9.17) is 9.47 Å². The van der Waals surface area contributed by atoms with Crippen LogP contribution in [0.3, 0.4) is 0 Å². The number of fused-ring (bicyclic) bond motifs is 1. The number of hydrogen-bond donors (Lipinski definition) is 0. The maximum Gasteiger partial charge on any atom is 0.358 e. The summed E-state index contributed by atoms with van der Waals surface area (Å²) in [5, 5.41) is 2.44. The molecule has 1 heterocycles. The molecule has 1 unspecified atom stereocenters. The minimum Gasteiger partial charge on any atom is -0.489 e. The third-order valence-electron chi connectivity index (χ3n) is 5.62. The summed E-state index contributed by atoms with van der Waals surface area (Å²) in [7, 11) is 0. The van der Waals surface area contributed by atoms with E-state index in [1.54, 1.807) is 12.5 Å². The molecular formula is C28H30N2O3. The van der Waals surface area contributed by atoms with E-state index in [1.165, 1.54) is 10.8 Å². The van der Waals surface area contributed by atoms with Crippen LogP contribution in [0.15, 0.2) is 79.3 Å². The molecule has 0 saturated heterocycles. The lowest BCUT2D eigenvalue weighted by atomic mass is 10.1. The highest BCUT2D eigenvalue weighted by atomic mass is 16.5. The molecule has 0 aliphatic carbocycles. The molecule has 0 aliphatic rings. The van der Waals surface area contributed by atoms with Crippen molar-refractivity contribution in [3.8, 4) is 5.75 Å². The van der Waals surface area contributed by atoms with Crippen molar-refractivity contribution < 1.29 is 14.3 Å². The molecule has 0 spiro atoms. The first kappa shape index (κ1) is 22.6. The van der Waals surface area contributed by atoms with Crippen LogP contribution < -0.4 is 4.74 Å². The Morgan fingerprint density at radius 3 is 2.55 bits per heavy atom. The summed E-state index contributed by atoms with van der Waals surface area (Å²) in [5.41, 5.74) is 2.58. The van der Waals surface area contributed by atoms with E-state index in [1.807, 2.05) is 47.9 Å². The zero-order valence-corrected chi connectivity index (χ0v) is 19.2. The number of ether oxygens (including phenoxy) is 2. The second-order valence-electron chi connectivity index (χ2n) is 8.40. The fraction of sp³-hybridized carbons (Fsp3) is 0.286. The summed E-state index contributed by atoms with van der Waals surface area (Å²) in [6, 6.07) is 22.7. The van der Waals surface area contributed by atoms with Crippen LogP contribution in [0.1, 0.15) is 54.7 Å². The van der Waals surface area contributed by atoms with Crippen molar-refractivity contribution in [3.05, 3.63) is 96.1 Å². The van der Waals surface area contributed by atoms with E-state index in [2.05, 4.69) is 42.2 Å². The van der Waals surface area contributed by atoms with E-state index >= 15 is 0 Å². The van der Waals surface area contributed by atoms with Crippen LogP contribution in [0.4, 0.5) is 0 Å². The number of carbonyl (C=O) groups excluding carboxylic acids is 1. The first-order chi connectivity index (χ1) is 16.1. The fourth-order valence-corrected chi connectivity index (χ4v) is 3.74. The number of rotatable bonds is 10. The molecule has 0 radical (unpaired) electrons. The van der Waals surface area contributed by atoms with Crippen LogP contribution in [0, 0.1) is 0 Å². The van der Waals surface area contributed by atoms with Gasteiger partial charge in [0.15, 0.2) is 5.69 Å². The first-order valence-electron chi connectivity index (χ1n) is 11.5. The lowest BCUT2D eigenvalue weighted by Crippen LogP contribution is -2.15. The van der Waals surface area contributed by atoms with E-state index < -0.39 is 0 Å². The van der Waals surface area contributed by atoms with Gasteiger partial charge >= 0.3 is 5.97 Å². The van der Waals surface area contributed by atoms with Crippen molar-refractivity contribution in [2.24, 2.45) is 0 Å². The van der Waals surface area contributed by atoms with Gasteiger partial charge in [-0.2, -0.15) is 0 Å². The Morgan fingerprint density at radius 1 is 1.00 bits per heavy atom. The number of aromatic nitrogens is 2. The SMILES string of the molecule is CCCCC(C)OC(=O)c1cn(Cc2ccc(OCc3ccc4ccccc4c3)cc2)cn1. The van der Waals surface area contributed by atoms with Crippen LogP contribution in [-0.2, 0) is 17.9 Å². The number of hydrogen-bond acceptors (Lipinski definition) is 4. The average Bonchev–Trinajstić information content (AvgIpc) is 3.31. The molecule has 0 saturated carbocycles. The largest absolute Gasteiger partial charge is 0.489 e. The van der Waals surface area contributed by atoms with Crippen LogP contribution in [0.2, 0.25) is 0 Å². The number of esters is 1. The highest BCUT2D eigenvalue weighted by molar-refractivity contribution is 5.87. The molecule has 0 N–H and O–H groups in total. The van der Waals surface area contributed by atoms with Crippen LogP contribution in [0.5, 0.6) is 5.75 Å². The number of carbonyl (C=O) groups is 1. The average molecular weight is 443 g/mol. The second-order valence-corrected chi connectivity index (χ2v) is 8.40. The smallest absolute Gasteiger partial charge is 0.358 e. The summed E-state index contributed by atoms with van der Waals surface area (Å²) < 4.78 is 13.3. The molecule has 0 aliphatic heterocycles. The number of nitrogens with zero attached hydrogens (tertiary/aromatic N) is 2. The van der Waals surface area contributed by atoms with Gasteiger partial charge in [-0.05, 0) is 53.4 Å². The van der Waals surface area contributed by atoms with Crippen molar-refractivity contribution in [1.29, 1.82) is 0 Å². The molecule has 0 fully saturated rings. The molecule has 170 valence electrons. The van der Waals surface area contributed by atoms with Crippen molar-refractivity contribution in [3.63, 3.8) is 0 Å². The van der Waals surface area contributed by atoms with E-state index in [0.29, 0.717) is 18.8 Å². The van der Waals surface area contributed by atoms with Crippen molar-refractivity contribution in [2.75, 3.05) is 0 Å². The van der Waals surface area contributed by atoms with Gasteiger partial charge in [0.05, 0.1) is 12.4 Å². The van der Waals surface area contributed by atoms with Crippen molar-refractivity contribution in [1.82, 2.24) is 9.55 Å².